The highest BCUT2D eigenvalue weighted by Crippen LogP contribution is 2.33. The smallest absolute Gasteiger partial charge is 0.262 e. The Kier molecular flexibility index (Phi) is 7.87. The molecule has 0 radical (unpaired) electrons. The summed E-state index contributed by atoms with van der Waals surface area (Å²) in [5.41, 5.74) is 10.6. The normalized spacial score (nSPS) is 10.5. The van der Waals surface area contributed by atoms with Gasteiger partial charge in [0, 0.05) is 23.7 Å². The van der Waals surface area contributed by atoms with E-state index in [0.29, 0.717) is 6.61 Å². The first kappa shape index (κ1) is 22.3. The second kappa shape index (κ2) is 10.6. The van der Waals surface area contributed by atoms with E-state index < -0.39 is 0 Å². The molecule has 0 aliphatic carbocycles. The number of unbranched alkanes of at least 4 members (excludes halogenated alkanes) is 1. The van der Waals surface area contributed by atoms with E-state index >= 15 is 0 Å². The number of aryl methyl sites for hydroxylation is 1. The van der Waals surface area contributed by atoms with Gasteiger partial charge in [-0.15, -0.1) is 0 Å². The minimum Gasteiger partial charge on any atom is -1.00 e. The zero-order valence-corrected chi connectivity index (χ0v) is 19.7. The van der Waals surface area contributed by atoms with Crippen LogP contribution in [0.5, 0.6) is 5.75 Å². The van der Waals surface area contributed by atoms with Gasteiger partial charge in [0.2, 0.25) is 5.52 Å². The summed E-state index contributed by atoms with van der Waals surface area (Å²) in [6.45, 7) is 5.67. The van der Waals surface area contributed by atoms with Crippen LogP contribution in [0.2, 0.25) is 0 Å². The van der Waals surface area contributed by atoms with Crippen LogP contribution in [0.3, 0.4) is 0 Å². The van der Waals surface area contributed by atoms with Crippen molar-refractivity contribution in [1.82, 2.24) is 0 Å². The number of nitrogens with zero attached hydrogens (tertiary/aromatic N) is 1. The molecule has 0 spiro atoms. The summed E-state index contributed by atoms with van der Waals surface area (Å²) < 4.78 is 9.46. The van der Waals surface area contributed by atoms with Crippen LogP contribution in [0.1, 0.15) is 17.8 Å². The zero-order chi connectivity index (χ0) is 20.1. The number of benzene rings is 3. The average molecular weight is 528 g/mol. The van der Waals surface area contributed by atoms with Crippen LogP contribution >= 0.6 is 11.3 Å². The Hall–Kier alpha value is -2.38. The predicted octanol–water partition coefficient (Wildman–Crippen LogP) is 2.94. The molecule has 5 heteroatoms. The molecule has 0 saturated heterocycles. The van der Waals surface area contributed by atoms with E-state index in [0.717, 1.165) is 36.4 Å². The fourth-order valence-corrected chi connectivity index (χ4v) is 4.64. The van der Waals surface area contributed by atoms with E-state index in [-0.39, 0.29) is 24.0 Å². The third-order valence-corrected chi connectivity index (χ3v) is 6.11. The number of nitrogen functional groups attached to an aromatic ring is 1. The van der Waals surface area contributed by atoms with Crippen LogP contribution in [-0.2, 0) is 6.54 Å². The Bertz CT molecular complexity index is 1120. The first-order chi connectivity index (χ1) is 14.3. The van der Waals surface area contributed by atoms with E-state index in [2.05, 4.69) is 35.4 Å². The van der Waals surface area contributed by atoms with E-state index in [1.54, 1.807) is 11.3 Å². The van der Waals surface area contributed by atoms with Crippen LogP contribution < -0.4 is 39.0 Å². The first-order valence-corrected chi connectivity index (χ1v) is 10.7. The number of nitrogens with two attached hydrogens (primary N) is 1. The number of aromatic nitrogens is 1. The molecule has 0 unspecified atom stereocenters. The second-order valence-corrected chi connectivity index (χ2v) is 7.97. The molecule has 0 bridgehead atoms. The standard InChI is InChI=1S/C25H25N2OS.HI/c1-2-24-27(17-8-9-18-28-19-11-4-3-5-12-19)25-21(14-10-16-23(25)29-24)20-13-6-7-15-22(20)26;/h2-7,10-16H,1,8-9,17-18,26H2;1H/q+1;/p-1. The van der Waals surface area contributed by atoms with Gasteiger partial charge in [0.25, 0.3) is 5.01 Å². The lowest BCUT2D eigenvalue weighted by Crippen LogP contribution is -3.00. The Labute approximate surface area is 198 Å². The summed E-state index contributed by atoms with van der Waals surface area (Å²) in [6, 6.07) is 24.5. The highest BCUT2D eigenvalue weighted by molar-refractivity contribution is 7.18. The molecule has 154 valence electrons. The fourth-order valence-electron chi connectivity index (χ4n) is 3.57. The van der Waals surface area contributed by atoms with Gasteiger partial charge < -0.3 is 34.4 Å². The monoisotopic (exact) mass is 528 g/mol. The number of anilines is 1. The minimum atomic E-state index is 0. The lowest BCUT2D eigenvalue weighted by molar-refractivity contribution is -0.669. The third-order valence-electron chi connectivity index (χ3n) is 4.96. The topological polar surface area (TPSA) is 39.1 Å². The van der Waals surface area contributed by atoms with E-state index in [9.17, 15) is 0 Å². The molecular weight excluding hydrogens is 503 g/mol. The van der Waals surface area contributed by atoms with Crippen LogP contribution in [-0.4, -0.2) is 6.61 Å². The molecule has 2 N–H and O–H groups in total. The number of halogens is 1. The summed E-state index contributed by atoms with van der Waals surface area (Å²) in [4.78, 5) is 0. The Morgan fingerprint density at radius 2 is 1.63 bits per heavy atom. The highest BCUT2D eigenvalue weighted by Gasteiger charge is 2.22. The van der Waals surface area contributed by atoms with Gasteiger partial charge in [-0.05, 0) is 36.8 Å². The van der Waals surface area contributed by atoms with Crippen molar-refractivity contribution < 1.29 is 33.3 Å². The lowest BCUT2D eigenvalue weighted by Gasteiger charge is -2.07. The summed E-state index contributed by atoms with van der Waals surface area (Å²) in [6.07, 6.45) is 3.97. The van der Waals surface area contributed by atoms with Crippen LogP contribution in [0, 0.1) is 0 Å². The molecule has 4 aromatic rings. The molecule has 3 nitrogen and oxygen atoms in total. The maximum atomic E-state index is 6.29. The third kappa shape index (κ3) is 4.84. The number of rotatable bonds is 8. The Morgan fingerprint density at radius 1 is 0.900 bits per heavy atom. The first-order valence-electron chi connectivity index (χ1n) is 9.88. The van der Waals surface area contributed by atoms with Gasteiger partial charge in [0.1, 0.15) is 10.4 Å². The van der Waals surface area contributed by atoms with E-state index in [4.69, 9.17) is 10.5 Å². The molecule has 0 atom stereocenters. The largest absolute Gasteiger partial charge is 1.00 e. The summed E-state index contributed by atoms with van der Waals surface area (Å²) >= 11 is 1.77. The average Bonchev–Trinajstić information content (AvgIpc) is 3.12. The van der Waals surface area contributed by atoms with E-state index in [1.165, 1.54) is 20.8 Å². The van der Waals surface area contributed by atoms with Crippen LogP contribution in [0.15, 0.2) is 79.4 Å². The molecule has 1 aromatic heterocycles. The van der Waals surface area contributed by atoms with Crippen molar-refractivity contribution in [1.29, 1.82) is 0 Å². The molecule has 0 aliphatic rings. The van der Waals surface area contributed by atoms with Gasteiger partial charge in [0.15, 0.2) is 6.54 Å². The number of hydrogen-bond donors (Lipinski definition) is 1. The van der Waals surface area contributed by atoms with Gasteiger partial charge in [-0.25, -0.2) is 0 Å². The maximum absolute atomic E-state index is 6.29. The van der Waals surface area contributed by atoms with E-state index in [1.807, 2.05) is 54.6 Å². The zero-order valence-electron chi connectivity index (χ0n) is 16.8. The predicted molar refractivity (Wildman–Crippen MR) is 123 cm³/mol. The molecule has 0 aliphatic heterocycles. The van der Waals surface area contributed by atoms with Gasteiger partial charge in [-0.2, -0.15) is 4.57 Å². The molecular formula is C25H25IN2OS. The van der Waals surface area contributed by atoms with Gasteiger partial charge in [0.05, 0.1) is 12.2 Å². The number of thiazole rings is 1. The highest BCUT2D eigenvalue weighted by atomic mass is 127. The molecule has 0 amide bonds. The Balaban J connectivity index is 0.00000256. The fraction of sp³-hybridized carbons (Fsp3) is 0.160. The minimum absolute atomic E-state index is 0. The van der Waals surface area contributed by atoms with Crippen molar-refractivity contribution in [3.8, 4) is 16.9 Å². The van der Waals surface area contributed by atoms with Crippen molar-refractivity contribution in [2.45, 2.75) is 19.4 Å². The number of hydrogen-bond acceptors (Lipinski definition) is 3. The van der Waals surface area contributed by atoms with Crippen molar-refractivity contribution in [3.63, 3.8) is 0 Å². The molecule has 30 heavy (non-hydrogen) atoms. The molecule has 1 heterocycles. The Morgan fingerprint density at radius 3 is 2.40 bits per heavy atom. The quantitative estimate of drug-likeness (QED) is 0.165. The molecule has 0 fully saturated rings. The summed E-state index contributed by atoms with van der Waals surface area (Å²) in [5, 5.41) is 1.17. The van der Waals surface area contributed by atoms with Gasteiger partial charge in [-0.3, -0.25) is 0 Å². The lowest BCUT2D eigenvalue weighted by atomic mass is 10.0. The van der Waals surface area contributed by atoms with Gasteiger partial charge in [-0.1, -0.05) is 60.4 Å². The van der Waals surface area contributed by atoms with Crippen molar-refractivity contribution in [3.05, 3.63) is 84.4 Å². The SMILES string of the molecule is C=Cc1sc2cccc(-c3ccccc3N)c2[n+]1CCCCOc1ccccc1.[I-]. The maximum Gasteiger partial charge on any atom is 0.262 e. The van der Waals surface area contributed by atoms with Gasteiger partial charge >= 0.3 is 0 Å². The summed E-state index contributed by atoms with van der Waals surface area (Å²) in [7, 11) is 0. The number of para-hydroxylation sites is 3. The second-order valence-electron chi connectivity index (χ2n) is 6.90. The molecule has 4 rings (SSSR count). The van der Waals surface area contributed by atoms with Crippen molar-refractivity contribution in [2.75, 3.05) is 12.3 Å². The molecule has 3 aromatic carbocycles. The van der Waals surface area contributed by atoms with Crippen LogP contribution in [0.4, 0.5) is 5.69 Å². The number of ether oxygens (including phenoxy) is 1. The summed E-state index contributed by atoms with van der Waals surface area (Å²) in [5.74, 6) is 0.926. The van der Waals surface area contributed by atoms with Crippen molar-refractivity contribution in [2.24, 2.45) is 0 Å². The molecule has 0 saturated carbocycles. The number of fused-ring (bicyclic) bond motifs is 1. The van der Waals surface area contributed by atoms with Crippen LogP contribution in [0.25, 0.3) is 27.4 Å². The van der Waals surface area contributed by atoms with Crippen molar-refractivity contribution >= 4 is 33.3 Å².